The molecule has 0 unspecified atom stereocenters. The standard InChI is InChI=1S/C19H22FN3O3S.ClH/c1-21-16-9-11-23(12-10-16)19(24)14-3-2-4-18(13-14)27(25,26)22-17-7-5-15(20)6-8-17;/h2-8,13,16,21-22H,9-12H2,1H3;1H. The second kappa shape index (κ2) is 9.36. The molecule has 2 N–H and O–H groups in total. The van der Waals surface area contributed by atoms with Gasteiger partial charge in [-0.3, -0.25) is 9.52 Å². The van der Waals surface area contributed by atoms with Crippen molar-refractivity contribution in [3.63, 3.8) is 0 Å². The maximum Gasteiger partial charge on any atom is 0.261 e. The minimum atomic E-state index is -3.88. The summed E-state index contributed by atoms with van der Waals surface area (Å²) < 4.78 is 40.5. The number of nitrogens with zero attached hydrogens (tertiary/aromatic N) is 1. The molecule has 0 radical (unpaired) electrons. The zero-order chi connectivity index (χ0) is 19.4. The number of likely N-dealkylation sites (tertiary alicyclic amines) is 1. The van der Waals surface area contributed by atoms with Gasteiger partial charge in [-0.05, 0) is 62.4 Å². The van der Waals surface area contributed by atoms with Gasteiger partial charge in [0.2, 0.25) is 0 Å². The van der Waals surface area contributed by atoms with E-state index >= 15 is 0 Å². The molecular formula is C19H23ClFN3O3S. The van der Waals surface area contributed by atoms with Gasteiger partial charge < -0.3 is 10.2 Å². The van der Waals surface area contributed by atoms with Gasteiger partial charge in [0.1, 0.15) is 5.82 Å². The maximum atomic E-state index is 13.0. The number of carbonyl (C=O) groups excluding carboxylic acids is 1. The van der Waals surface area contributed by atoms with Crippen LogP contribution in [0.4, 0.5) is 10.1 Å². The molecule has 2 aromatic rings. The number of piperidine rings is 1. The molecule has 1 aliphatic heterocycles. The van der Waals surface area contributed by atoms with Crippen LogP contribution >= 0.6 is 12.4 Å². The normalized spacial score (nSPS) is 15.0. The van der Waals surface area contributed by atoms with Crippen molar-refractivity contribution in [2.24, 2.45) is 0 Å². The molecule has 1 amide bonds. The largest absolute Gasteiger partial charge is 0.339 e. The van der Waals surface area contributed by atoms with Crippen LogP contribution in [0.2, 0.25) is 0 Å². The number of nitrogens with one attached hydrogen (secondary N) is 2. The van der Waals surface area contributed by atoms with Crippen molar-refractivity contribution in [3.8, 4) is 0 Å². The van der Waals surface area contributed by atoms with Crippen LogP contribution in [0, 0.1) is 5.82 Å². The first-order chi connectivity index (χ1) is 12.9. The van der Waals surface area contributed by atoms with E-state index in [0.717, 1.165) is 12.8 Å². The third-order valence-electron chi connectivity index (χ3n) is 4.68. The zero-order valence-electron chi connectivity index (χ0n) is 15.4. The zero-order valence-corrected chi connectivity index (χ0v) is 17.0. The first kappa shape index (κ1) is 22.1. The smallest absolute Gasteiger partial charge is 0.261 e. The van der Waals surface area contributed by atoms with Gasteiger partial charge in [-0.15, -0.1) is 12.4 Å². The SMILES string of the molecule is CNC1CCN(C(=O)c2cccc(S(=O)(=O)Nc3ccc(F)cc3)c2)CC1.Cl. The van der Waals surface area contributed by atoms with E-state index in [0.29, 0.717) is 24.7 Å². The van der Waals surface area contributed by atoms with Gasteiger partial charge in [0.05, 0.1) is 4.90 Å². The predicted molar refractivity (Wildman–Crippen MR) is 109 cm³/mol. The molecular weight excluding hydrogens is 405 g/mol. The average Bonchev–Trinajstić information content (AvgIpc) is 2.69. The molecule has 3 rings (SSSR count). The summed E-state index contributed by atoms with van der Waals surface area (Å²) in [5, 5.41) is 3.21. The fourth-order valence-electron chi connectivity index (χ4n) is 3.08. The van der Waals surface area contributed by atoms with Crippen molar-refractivity contribution in [2.75, 3.05) is 24.9 Å². The monoisotopic (exact) mass is 427 g/mol. The van der Waals surface area contributed by atoms with E-state index in [-0.39, 0.29) is 28.9 Å². The molecule has 152 valence electrons. The van der Waals surface area contributed by atoms with Crippen LogP contribution in [0.1, 0.15) is 23.2 Å². The van der Waals surface area contributed by atoms with Gasteiger partial charge >= 0.3 is 0 Å². The van der Waals surface area contributed by atoms with E-state index < -0.39 is 15.8 Å². The summed E-state index contributed by atoms with van der Waals surface area (Å²) in [5.74, 6) is -0.629. The van der Waals surface area contributed by atoms with Crippen LogP contribution in [-0.4, -0.2) is 45.4 Å². The van der Waals surface area contributed by atoms with Crippen molar-refractivity contribution in [1.29, 1.82) is 0 Å². The third-order valence-corrected chi connectivity index (χ3v) is 6.06. The van der Waals surface area contributed by atoms with Crippen LogP contribution < -0.4 is 10.0 Å². The van der Waals surface area contributed by atoms with E-state index in [4.69, 9.17) is 0 Å². The number of benzene rings is 2. The van der Waals surface area contributed by atoms with Crippen LogP contribution in [0.5, 0.6) is 0 Å². The number of hydrogen-bond donors (Lipinski definition) is 2. The van der Waals surface area contributed by atoms with E-state index in [1.807, 2.05) is 7.05 Å². The van der Waals surface area contributed by atoms with Crippen molar-refractivity contribution in [1.82, 2.24) is 10.2 Å². The molecule has 0 aliphatic carbocycles. The number of anilines is 1. The molecule has 0 atom stereocenters. The summed E-state index contributed by atoms with van der Waals surface area (Å²) >= 11 is 0. The third kappa shape index (κ3) is 5.21. The summed E-state index contributed by atoms with van der Waals surface area (Å²) in [7, 11) is -1.97. The van der Waals surface area contributed by atoms with Crippen molar-refractivity contribution in [3.05, 3.63) is 59.9 Å². The molecule has 1 heterocycles. The van der Waals surface area contributed by atoms with Crippen LogP contribution in [0.25, 0.3) is 0 Å². The van der Waals surface area contributed by atoms with Crippen molar-refractivity contribution in [2.45, 2.75) is 23.8 Å². The van der Waals surface area contributed by atoms with Gasteiger partial charge in [-0.25, -0.2) is 12.8 Å². The highest BCUT2D eigenvalue weighted by molar-refractivity contribution is 7.92. The number of halogens is 2. The molecule has 0 aromatic heterocycles. The minimum absolute atomic E-state index is 0. The Bertz CT molecular complexity index is 914. The first-order valence-corrected chi connectivity index (χ1v) is 10.2. The Hall–Kier alpha value is -2.16. The highest BCUT2D eigenvalue weighted by atomic mass is 35.5. The van der Waals surface area contributed by atoms with E-state index in [1.54, 1.807) is 17.0 Å². The van der Waals surface area contributed by atoms with E-state index in [1.165, 1.54) is 36.4 Å². The summed E-state index contributed by atoms with van der Waals surface area (Å²) in [5.41, 5.74) is 0.585. The van der Waals surface area contributed by atoms with Gasteiger partial charge in [-0.2, -0.15) is 0 Å². The average molecular weight is 428 g/mol. The lowest BCUT2D eigenvalue weighted by atomic mass is 10.0. The minimum Gasteiger partial charge on any atom is -0.339 e. The Labute approximate surface area is 170 Å². The van der Waals surface area contributed by atoms with Crippen molar-refractivity contribution >= 4 is 34.0 Å². The number of sulfonamides is 1. The Morgan fingerprint density at radius 2 is 1.75 bits per heavy atom. The van der Waals surface area contributed by atoms with Crippen LogP contribution in [-0.2, 0) is 10.0 Å². The highest BCUT2D eigenvalue weighted by Crippen LogP contribution is 2.20. The van der Waals surface area contributed by atoms with Gasteiger partial charge in [0.25, 0.3) is 15.9 Å². The Balaban J connectivity index is 0.00000280. The molecule has 28 heavy (non-hydrogen) atoms. The number of carbonyl (C=O) groups is 1. The molecule has 0 bridgehead atoms. The Morgan fingerprint density at radius 3 is 2.36 bits per heavy atom. The summed E-state index contributed by atoms with van der Waals surface area (Å²) in [6, 6.07) is 11.4. The summed E-state index contributed by atoms with van der Waals surface area (Å²) in [6.07, 6.45) is 1.73. The summed E-state index contributed by atoms with van der Waals surface area (Å²) in [4.78, 5) is 14.5. The number of amides is 1. The number of rotatable bonds is 5. The molecule has 6 nitrogen and oxygen atoms in total. The van der Waals surface area contributed by atoms with Crippen LogP contribution in [0.15, 0.2) is 53.4 Å². The van der Waals surface area contributed by atoms with E-state index in [9.17, 15) is 17.6 Å². The first-order valence-electron chi connectivity index (χ1n) is 8.74. The number of hydrogen-bond acceptors (Lipinski definition) is 4. The predicted octanol–water partition coefficient (Wildman–Crippen LogP) is 2.87. The Morgan fingerprint density at radius 1 is 1.11 bits per heavy atom. The Kier molecular flexibility index (Phi) is 7.40. The van der Waals surface area contributed by atoms with E-state index in [2.05, 4.69) is 10.0 Å². The maximum absolute atomic E-state index is 13.0. The lowest BCUT2D eigenvalue weighted by Gasteiger charge is -2.31. The molecule has 0 spiro atoms. The fraction of sp³-hybridized carbons (Fsp3) is 0.316. The topological polar surface area (TPSA) is 78.5 Å². The molecule has 9 heteroatoms. The second-order valence-electron chi connectivity index (χ2n) is 6.50. The molecule has 1 fully saturated rings. The molecule has 2 aromatic carbocycles. The molecule has 0 saturated carbocycles. The summed E-state index contributed by atoms with van der Waals surface area (Å²) in [6.45, 7) is 1.27. The van der Waals surface area contributed by atoms with Gasteiger partial charge in [-0.1, -0.05) is 6.07 Å². The lowest BCUT2D eigenvalue weighted by molar-refractivity contribution is 0.0707. The fourth-order valence-corrected chi connectivity index (χ4v) is 4.19. The van der Waals surface area contributed by atoms with Gasteiger partial charge in [0, 0.05) is 30.4 Å². The van der Waals surface area contributed by atoms with Gasteiger partial charge in [0.15, 0.2) is 0 Å². The second-order valence-corrected chi connectivity index (χ2v) is 8.18. The van der Waals surface area contributed by atoms with Crippen LogP contribution in [0.3, 0.4) is 0 Å². The highest BCUT2D eigenvalue weighted by Gasteiger charge is 2.24. The molecule has 1 aliphatic rings. The molecule has 1 saturated heterocycles. The lowest BCUT2D eigenvalue weighted by Crippen LogP contribution is -2.44. The quantitative estimate of drug-likeness (QED) is 0.769. The van der Waals surface area contributed by atoms with Crippen molar-refractivity contribution < 1.29 is 17.6 Å².